The number of hydrogen-bond donors (Lipinski definition) is 1. The molecule has 96 valence electrons. The molecule has 0 bridgehead atoms. The van der Waals surface area contributed by atoms with Crippen LogP contribution in [0.4, 0.5) is 0 Å². The van der Waals surface area contributed by atoms with E-state index < -0.39 is 11.9 Å². The van der Waals surface area contributed by atoms with Gasteiger partial charge in [-0.15, -0.1) is 0 Å². The van der Waals surface area contributed by atoms with Gasteiger partial charge in [0.2, 0.25) is 5.91 Å². The van der Waals surface area contributed by atoms with E-state index in [1.165, 1.54) is 0 Å². The van der Waals surface area contributed by atoms with Crippen molar-refractivity contribution in [3.8, 4) is 0 Å². The minimum Gasteiger partial charge on any atom is -0.481 e. The van der Waals surface area contributed by atoms with Crippen molar-refractivity contribution in [3.05, 3.63) is 35.4 Å². The summed E-state index contributed by atoms with van der Waals surface area (Å²) in [5.41, 5.74) is 2.01. The number of amides is 1. The van der Waals surface area contributed by atoms with Crippen molar-refractivity contribution in [2.24, 2.45) is 5.92 Å². The maximum absolute atomic E-state index is 11.7. The Bertz CT molecular complexity index is 466. The molecule has 0 aromatic heterocycles. The van der Waals surface area contributed by atoms with E-state index in [0.29, 0.717) is 12.8 Å². The van der Waals surface area contributed by atoms with Crippen LogP contribution in [0.3, 0.4) is 0 Å². The number of carbonyl (C=O) groups excluding carboxylic acids is 1. The Morgan fingerprint density at radius 1 is 1.33 bits per heavy atom. The molecule has 4 nitrogen and oxygen atoms in total. The van der Waals surface area contributed by atoms with Gasteiger partial charge in [0, 0.05) is 13.5 Å². The summed E-state index contributed by atoms with van der Waals surface area (Å²) < 4.78 is 0. The fourth-order valence-electron chi connectivity index (χ4n) is 2.52. The SMILES string of the molecule is Cc1ccc([C@H]2[C@H](C(=O)O)CCC(=O)N2C)cc1. The molecule has 0 unspecified atom stereocenters. The number of piperidine rings is 1. The van der Waals surface area contributed by atoms with Gasteiger partial charge >= 0.3 is 5.97 Å². The first kappa shape index (κ1) is 12.6. The van der Waals surface area contributed by atoms with Crippen LogP contribution in [0, 0.1) is 12.8 Å². The highest BCUT2D eigenvalue weighted by Gasteiger charge is 2.38. The lowest BCUT2D eigenvalue weighted by Gasteiger charge is -2.37. The summed E-state index contributed by atoms with van der Waals surface area (Å²) in [6.45, 7) is 1.98. The van der Waals surface area contributed by atoms with E-state index in [-0.39, 0.29) is 11.9 Å². The Kier molecular flexibility index (Phi) is 3.36. The number of carboxylic acids is 1. The molecule has 0 spiro atoms. The molecule has 1 aliphatic heterocycles. The topological polar surface area (TPSA) is 57.6 Å². The minimum absolute atomic E-state index is 0.0121. The zero-order valence-corrected chi connectivity index (χ0v) is 10.6. The van der Waals surface area contributed by atoms with Crippen molar-refractivity contribution >= 4 is 11.9 Å². The van der Waals surface area contributed by atoms with E-state index in [9.17, 15) is 14.7 Å². The molecule has 2 atom stereocenters. The fourth-order valence-corrected chi connectivity index (χ4v) is 2.52. The Morgan fingerprint density at radius 3 is 2.50 bits per heavy atom. The molecular formula is C14H17NO3. The van der Waals surface area contributed by atoms with Gasteiger partial charge in [0.25, 0.3) is 0 Å². The van der Waals surface area contributed by atoms with Crippen LogP contribution >= 0.6 is 0 Å². The lowest BCUT2D eigenvalue weighted by Crippen LogP contribution is -2.42. The van der Waals surface area contributed by atoms with Crippen LogP contribution < -0.4 is 0 Å². The summed E-state index contributed by atoms with van der Waals surface area (Å²) in [6, 6.07) is 7.35. The zero-order valence-electron chi connectivity index (χ0n) is 10.6. The van der Waals surface area contributed by atoms with Gasteiger partial charge in [0.15, 0.2) is 0 Å². The molecule has 0 saturated carbocycles. The van der Waals surface area contributed by atoms with Gasteiger partial charge in [-0.2, -0.15) is 0 Å². The number of aryl methyl sites for hydroxylation is 1. The van der Waals surface area contributed by atoms with Crippen molar-refractivity contribution < 1.29 is 14.7 Å². The van der Waals surface area contributed by atoms with E-state index in [4.69, 9.17) is 0 Å². The van der Waals surface area contributed by atoms with Crippen molar-refractivity contribution in [2.45, 2.75) is 25.8 Å². The molecule has 0 radical (unpaired) electrons. The maximum Gasteiger partial charge on any atom is 0.308 e. The molecule has 1 saturated heterocycles. The molecule has 1 heterocycles. The summed E-state index contributed by atoms with van der Waals surface area (Å²) in [7, 11) is 1.68. The number of carboxylic acid groups (broad SMARTS) is 1. The Labute approximate surface area is 106 Å². The predicted octanol–water partition coefficient (Wildman–Crippen LogP) is 1.99. The second-order valence-electron chi connectivity index (χ2n) is 4.84. The summed E-state index contributed by atoms with van der Waals surface area (Å²) in [6.07, 6.45) is 0.729. The van der Waals surface area contributed by atoms with Crippen molar-refractivity contribution in [2.75, 3.05) is 7.05 Å². The molecule has 4 heteroatoms. The number of likely N-dealkylation sites (tertiary alicyclic amines) is 1. The van der Waals surface area contributed by atoms with Crippen LogP contribution in [0.5, 0.6) is 0 Å². The first-order valence-corrected chi connectivity index (χ1v) is 6.05. The van der Waals surface area contributed by atoms with E-state index in [0.717, 1.165) is 11.1 Å². The van der Waals surface area contributed by atoms with Crippen molar-refractivity contribution in [1.29, 1.82) is 0 Å². The largest absolute Gasteiger partial charge is 0.481 e. The highest BCUT2D eigenvalue weighted by molar-refractivity contribution is 5.81. The molecule has 18 heavy (non-hydrogen) atoms. The number of benzene rings is 1. The third-order valence-corrected chi connectivity index (χ3v) is 3.60. The quantitative estimate of drug-likeness (QED) is 0.869. The molecule has 2 rings (SSSR count). The third-order valence-electron chi connectivity index (χ3n) is 3.60. The molecule has 1 aromatic rings. The summed E-state index contributed by atoms with van der Waals surface area (Å²) in [5.74, 6) is -1.34. The van der Waals surface area contributed by atoms with Crippen LogP contribution in [0.25, 0.3) is 0 Å². The molecule has 1 amide bonds. The van der Waals surface area contributed by atoms with E-state index in [1.807, 2.05) is 31.2 Å². The van der Waals surface area contributed by atoms with Gasteiger partial charge in [-0.1, -0.05) is 29.8 Å². The smallest absolute Gasteiger partial charge is 0.308 e. The number of carbonyl (C=O) groups is 2. The maximum atomic E-state index is 11.7. The van der Waals surface area contributed by atoms with Gasteiger partial charge in [0.1, 0.15) is 0 Å². The monoisotopic (exact) mass is 247 g/mol. The van der Waals surface area contributed by atoms with Gasteiger partial charge in [-0.3, -0.25) is 9.59 Å². The Balaban J connectivity index is 2.37. The van der Waals surface area contributed by atoms with Crippen molar-refractivity contribution in [3.63, 3.8) is 0 Å². The standard InChI is InChI=1S/C14H17NO3/c1-9-3-5-10(6-4-9)13-11(14(17)18)7-8-12(16)15(13)2/h3-6,11,13H,7-8H2,1-2H3,(H,17,18)/t11-,13+/m1/s1. The number of rotatable bonds is 2. The fraction of sp³-hybridized carbons (Fsp3) is 0.429. The minimum atomic E-state index is -0.833. The van der Waals surface area contributed by atoms with Gasteiger partial charge in [-0.05, 0) is 18.9 Å². The first-order valence-electron chi connectivity index (χ1n) is 6.05. The van der Waals surface area contributed by atoms with Crippen LogP contribution in [0.15, 0.2) is 24.3 Å². The molecule has 1 aliphatic rings. The molecule has 1 aromatic carbocycles. The van der Waals surface area contributed by atoms with Crippen LogP contribution in [-0.4, -0.2) is 28.9 Å². The first-order chi connectivity index (χ1) is 8.50. The molecule has 1 fully saturated rings. The van der Waals surface area contributed by atoms with Crippen LogP contribution in [0.1, 0.15) is 30.0 Å². The summed E-state index contributed by atoms with van der Waals surface area (Å²) in [4.78, 5) is 24.6. The van der Waals surface area contributed by atoms with Crippen molar-refractivity contribution in [1.82, 2.24) is 4.90 Å². The highest BCUT2D eigenvalue weighted by atomic mass is 16.4. The third kappa shape index (κ3) is 2.23. The normalized spacial score (nSPS) is 24.1. The number of hydrogen-bond acceptors (Lipinski definition) is 2. The van der Waals surface area contributed by atoms with E-state index >= 15 is 0 Å². The van der Waals surface area contributed by atoms with E-state index in [1.54, 1.807) is 11.9 Å². The Hall–Kier alpha value is -1.84. The average molecular weight is 247 g/mol. The average Bonchev–Trinajstić information content (AvgIpc) is 2.33. The van der Waals surface area contributed by atoms with Gasteiger partial charge in [-0.25, -0.2) is 0 Å². The summed E-state index contributed by atoms with van der Waals surface area (Å²) in [5, 5.41) is 9.29. The molecule has 1 N–H and O–H groups in total. The molecular weight excluding hydrogens is 230 g/mol. The van der Waals surface area contributed by atoms with Crippen LogP contribution in [0.2, 0.25) is 0 Å². The number of nitrogens with zero attached hydrogens (tertiary/aromatic N) is 1. The van der Waals surface area contributed by atoms with Crippen LogP contribution in [-0.2, 0) is 9.59 Å². The second kappa shape index (κ2) is 4.80. The highest BCUT2D eigenvalue weighted by Crippen LogP contribution is 2.35. The predicted molar refractivity (Wildman–Crippen MR) is 67.0 cm³/mol. The summed E-state index contributed by atoms with van der Waals surface area (Å²) >= 11 is 0. The second-order valence-corrected chi connectivity index (χ2v) is 4.84. The zero-order chi connectivity index (χ0) is 13.3. The molecule has 0 aliphatic carbocycles. The Morgan fingerprint density at radius 2 is 1.94 bits per heavy atom. The van der Waals surface area contributed by atoms with E-state index in [2.05, 4.69) is 0 Å². The van der Waals surface area contributed by atoms with Gasteiger partial charge < -0.3 is 10.0 Å². The number of aliphatic carboxylic acids is 1. The van der Waals surface area contributed by atoms with Gasteiger partial charge in [0.05, 0.1) is 12.0 Å². The lowest BCUT2D eigenvalue weighted by atomic mass is 9.84. The lowest BCUT2D eigenvalue weighted by molar-refractivity contribution is -0.150.